The van der Waals surface area contributed by atoms with E-state index >= 15 is 0 Å². The summed E-state index contributed by atoms with van der Waals surface area (Å²) in [6, 6.07) is 7.52. The number of hydrogen-bond acceptors (Lipinski definition) is 3. The molecule has 0 aliphatic carbocycles. The molecule has 0 spiro atoms. The number of amides is 1. The second kappa shape index (κ2) is 5.42. The van der Waals surface area contributed by atoms with Crippen LogP contribution in [0.3, 0.4) is 0 Å². The number of aromatic nitrogens is 1. The Bertz CT molecular complexity index is 539. The molecule has 0 radical (unpaired) electrons. The van der Waals surface area contributed by atoms with Gasteiger partial charge in [0.05, 0.1) is 17.1 Å². The number of hydrogen-bond donors (Lipinski definition) is 1. The lowest BCUT2D eigenvalue weighted by Crippen LogP contribution is -2.14. The smallest absolute Gasteiger partial charge is 0.230 e. The van der Waals surface area contributed by atoms with E-state index in [1.807, 2.05) is 36.6 Å². The highest BCUT2D eigenvalue weighted by Gasteiger charge is 2.06. The highest BCUT2D eigenvalue weighted by Crippen LogP contribution is 2.16. The lowest BCUT2D eigenvalue weighted by atomic mass is 10.3. The van der Waals surface area contributed by atoms with E-state index < -0.39 is 0 Å². The first-order chi connectivity index (χ1) is 8.13. The maximum atomic E-state index is 11.7. The number of nitrogens with one attached hydrogen (secondary N) is 1. The van der Waals surface area contributed by atoms with Crippen molar-refractivity contribution in [3.05, 3.63) is 44.8 Å². The predicted molar refractivity (Wildman–Crippen MR) is 73.3 cm³/mol. The molecule has 3 nitrogen and oxygen atoms in total. The number of aryl methyl sites for hydroxylation is 1. The van der Waals surface area contributed by atoms with Gasteiger partial charge in [-0.15, -0.1) is 11.3 Å². The van der Waals surface area contributed by atoms with Crippen LogP contribution in [0.25, 0.3) is 0 Å². The molecular formula is C12H11BrN2OS. The van der Waals surface area contributed by atoms with Crippen LogP contribution in [-0.4, -0.2) is 10.9 Å². The molecule has 1 heterocycles. The monoisotopic (exact) mass is 310 g/mol. The third-order valence-electron chi connectivity index (χ3n) is 2.12. The number of benzene rings is 1. The summed E-state index contributed by atoms with van der Waals surface area (Å²) >= 11 is 4.92. The van der Waals surface area contributed by atoms with E-state index in [9.17, 15) is 4.79 Å². The SMILES string of the molecule is Cc1nc(CC(=O)Nc2cccc(Br)c2)cs1. The van der Waals surface area contributed by atoms with Crippen molar-refractivity contribution in [1.29, 1.82) is 0 Å². The van der Waals surface area contributed by atoms with Gasteiger partial charge < -0.3 is 5.32 Å². The highest BCUT2D eigenvalue weighted by molar-refractivity contribution is 9.10. The Balaban J connectivity index is 1.98. The van der Waals surface area contributed by atoms with Gasteiger partial charge in [0.25, 0.3) is 0 Å². The maximum Gasteiger partial charge on any atom is 0.230 e. The van der Waals surface area contributed by atoms with Crippen LogP contribution in [0.1, 0.15) is 10.7 Å². The molecule has 2 rings (SSSR count). The summed E-state index contributed by atoms with van der Waals surface area (Å²) in [6.07, 6.45) is 0.316. The molecule has 17 heavy (non-hydrogen) atoms. The summed E-state index contributed by atoms with van der Waals surface area (Å²) < 4.78 is 0.944. The van der Waals surface area contributed by atoms with Crippen molar-refractivity contribution >= 4 is 38.9 Å². The Morgan fingerprint density at radius 3 is 3.00 bits per heavy atom. The van der Waals surface area contributed by atoms with Gasteiger partial charge in [-0.25, -0.2) is 4.98 Å². The minimum absolute atomic E-state index is 0.0478. The van der Waals surface area contributed by atoms with Gasteiger partial charge in [-0.1, -0.05) is 22.0 Å². The van der Waals surface area contributed by atoms with Crippen molar-refractivity contribution < 1.29 is 4.79 Å². The average molecular weight is 311 g/mol. The van der Waals surface area contributed by atoms with Gasteiger partial charge in [-0.05, 0) is 25.1 Å². The molecular weight excluding hydrogens is 300 g/mol. The van der Waals surface area contributed by atoms with E-state index in [2.05, 4.69) is 26.2 Å². The van der Waals surface area contributed by atoms with E-state index in [-0.39, 0.29) is 5.91 Å². The van der Waals surface area contributed by atoms with E-state index in [1.54, 1.807) is 11.3 Å². The molecule has 2 aromatic rings. The fraction of sp³-hybridized carbons (Fsp3) is 0.167. The molecule has 5 heteroatoms. The first-order valence-corrected chi connectivity index (χ1v) is 6.77. The molecule has 88 valence electrons. The van der Waals surface area contributed by atoms with E-state index in [4.69, 9.17) is 0 Å². The van der Waals surface area contributed by atoms with Crippen molar-refractivity contribution in [2.75, 3.05) is 5.32 Å². The zero-order chi connectivity index (χ0) is 12.3. The number of carbonyl (C=O) groups is 1. The topological polar surface area (TPSA) is 42.0 Å². The lowest BCUT2D eigenvalue weighted by Gasteiger charge is -2.04. The van der Waals surface area contributed by atoms with Gasteiger partial charge >= 0.3 is 0 Å². The highest BCUT2D eigenvalue weighted by atomic mass is 79.9. The van der Waals surface area contributed by atoms with E-state index in [0.29, 0.717) is 6.42 Å². The van der Waals surface area contributed by atoms with Gasteiger partial charge in [0, 0.05) is 15.5 Å². The minimum Gasteiger partial charge on any atom is -0.326 e. The zero-order valence-corrected chi connectivity index (χ0v) is 11.6. The summed E-state index contributed by atoms with van der Waals surface area (Å²) in [4.78, 5) is 16.0. The first-order valence-electron chi connectivity index (χ1n) is 5.10. The quantitative estimate of drug-likeness (QED) is 0.944. The maximum absolute atomic E-state index is 11.7. The van der Waals surface area contributed by atoms with E-state index in [1.165, 1.54) is 0 Å². The molecule has 0 aliphatic rings. The fourth-order valence-corrected chi connectivity index (χ4v) is 2.44. The van der Waals surface area contributed by atoms with Gasteiger partial charge in [0.15, 0.2) is 0 Å². The summed E-state index contributed by atoms with van der Waals surface area (Å²) in [5.74, 6) is -0.0478. The predicted octanol–water partition coefficient (Wildman–Crippen LogP) is 3.40. The fourth-order valence-electron chi connectivity index (χ4n) is 1.43. The summed E-state index contributed by atoms with van der Waals surface area (Å²) in [5.41, 5.74) is 1.61. The second-order valence-electron chi connectivity index (χ2n) is 3.59. The number of thiazole rings is 1. The summed E-state index contributed by atoms with van der Waals surface area (Å²) in [7, 11) is 0. The van der Waals surface area contributed by atoms with Crippen molar-refractivity contribution in [3.8, 4) is 0 Å². The van der Waals surface area contributed by atoms with Crippen molar-refractivity contribution in [3.63, 3.8) is 0 Å². The molecule has 0 saturated heterocycles. The van der Waals surface area contributed by atoms with Gasteiger partial charge in [0.1, 0.15) is 0 Å². The Morgan fingerprint density at radius 2 is 2.35 bits per heavy atom. The first kappa shape index (κ1) is 12.3. The van der Waals surface area contributed by atoms with Crippen LogP contribution < -0.4 is 5.32 Å². The molecule has 1 aromatic carbocycles. The van der Waals surface area contributed by atoms with Gasteiger partial charge in [0.2, 0.25) is 5.91 Å². The number of carbonyl (C=O) groups excluding carboxylic acids is 1. The summed E-state index contributed by atoms with van der Waals surface area (Å²) in [6.45, 7) is 1.93. The Kier molecular flexibility index (Phi) is 3.91. The largest absolute Gasteiger partial charge is 0.326 e. The number of nitrogens with zero attached hydrogens (tertiary/aromatic N) is 1. The van der Waals surface area contributed by atoms with Crippen LogP contribution in [0.2, 0.25) is 0 Å². The van der Waals surface area contributed by atoms with Crippen LogP contribution in [0, 0.1) is 6.92 Å². The average Bonchev–Trinajstić information content (AvgIpc) is 2.63. The molecule has 1 N–H and O–H groups in total. The third-order valence-corrected chi connectivity index (χ3v) is 3.43. The van der Waals surface area contributed by atoms with Crippen molar-refractivity contribution in [2.45, 2.75) is 13.3 Å². The van der Waals surface area contributed by atoms with Crippen LogP contribution in [0.4, 0.5) is 5.69 Å². The Labute approximate surface area is 112 Å². The number of anilines is 1. The zero-order valence-electron chi connectivity index (χ0n) is 9.24. The molecule has 1 aromatic heterocycles. The second-order valence-corrected chi connectivity index (χ2v) is 5.57. The van der Waals surface area contributed by atoms with E-state index in [0.717, 1.165) is 20.9 Å². The Hall–Kier alpha value is -1.20. The molecule has 0 atom stereocenters. The van der Waals surface area contributed by atoms with Crippen molar-refractivity contribution in [1.82, 2.24) is 4.98 Å². The number of halogens is 1. The molecule has 1 amide bonds. The third kappa shape index (κ3) is 3.64. The summed E-state index contributed by atoms with van der Waals surface area (Å²) in [5, 5.41) is 5.73. The molecule has 0 fully saturated rings. The van der Waals surface area contributed by atoms with Crippen LogP contribution in [-0.2, 0) is 11.2 Å². The lowest BCUT2D eigenvalue weighted by molar-refractivity contribution is -0.115. The van der Waals surface area contributed by atoms with Crippen LogP contribution >= 0.6 is 27.3 Å². The van der Waals surface area contributed by atoms with Crippen LogP contribution in [0.15, 0.2) is 34.1 Å². The molecule has 0 bridgehead atoms. The molecule has 0 unspecified atom stereocenters. The normalized spacial score (nSPS) is 10.2. The molecule has 0 saturated carbocycles. The standard InChI is InChI=1S/C12H11BrN2OS/c1-8-14-11(7-17-8)6-12(16)15-10-4-2-3-9(13)5-10/h2-5,7H,6H2,1H3,(H,15,16). The van der Waals surface area contributed by atoms with Gasteiger partial charge in [-0.3, -0.25) is 4.79 Å². The van der Waals surface area contributed by atoms with Gasteiger partial charge in [-0.2, -0.15) is 0 Å². The molecule has 0 aliphatic heterocycles. The van der Waals surface area contributed by atoms with Crippen molar-refractivity contribution in [2.24, 2.45) is 0 Å². The Morgan fingerprint density at radius 1 is 1.53 bits per heavy atom. The van der Waals surface area contributed by atoms with Crippen LogP contribution in [0.5, 0.6) is 0 Å². The minimum atomic E-state index is -0.0478. The number of rotatable bonds is 3.